The zero-order valence-electron chi connectivity index (χ0n) is 46.2. The van der Waals surface area contributed by atoms with Crippen LogP contribution >= 0.6 is 0 Å². The minimum atomic E-state index is -0.586. The standard InChI is InChI=1S/C75H62N4O/c1-73(2,3)53-37-40-66-64(43-53)59-31-16-18-33-65(59)75(66,52-27-14-9-15-28-52)54-41-42-76-71(46-54)79-67-34-19-17-32-60(67)61-39-38-58(48-70(61)79)80-57-30-22-29-56(47-57)77-49-78(69-36-21-20-35-68(69)77)72-62(50-23-10-7-11-24-50)44-55(74(4,5)6)45-63(72)51-25-12-8-13-26-51/h7-48H,49H2,1-6H3. The van der Waals surface area contributed by atoms with Gasteiger partial charge in [0.2, 0.25) is 0 Å². The molecule has 0 saturated carbocycles. The Balaban J connectivity index is 0.860. The summed E-state index contributed by atoms with van der Waals surface area (Å²) in [6.07, 6.45) is 2.00. The summed E-state index contributed by atoms with van der Waals surface area (Å²) in [5.41, 5.74) is 20.9. The fourth-order valence-electron chi connectivity index (χ4n) is 12.8. The maximum atomic E-state index is 6.99. The molecule has 0 spiro atoms. The average molecular weight is 1040 g/mol. The second kappa shape index (κ2) is 18.9. The monoisotopic (exact) mass is 1030 g/mol. The number of hydrogen-bond acceptors (Lipinski definition) is 4. The van der Waals surface area contributed by atoms with E-state index in [9.17, 15) is 0 Å². The smallest absolute Gasteiger partial charge is 0.137 e. The average Bonchev–Trinajstić information content (AvgIpc) is 4.24. The molecule has 5 nitrogen and oxygen atoms in total. The molecule has 2 aromatic heterocycles. The minimum absolute atomic E-state index is 0.00295. The number of para-hydroxylation sites is 3. The molecular formula is C75H62N4O. The zero-order valence-corrected chi connectivity index (χ0v) is 46.2. The maximum Gasteiger partial charge on any atom is 0.137 e. The van der Waals surface area contributed by atoms with Gasteiger partial charge in [0.25, 0.3) is 0 Å². The summed E-state index contributed by atoms with van der Waals surface area (Å²) in [5.74, 6) is 2.34. The van der Waals surface area contributed by atoms with Crippen molar-refractivity contribution in [1.82, 2.24) is 9.55 Å². The molecule has 14 rings (SSSR count). The summed E-state index contributed by atoms with van der Waals surface area (Å²) in [7, 11) is 0. The second-order valence-electron chi connectivity index (χ2n) is 23.6. The molecular weight excluding hydrogens is 973 g/mol. The first-order valence-electron chi connectivity index (χ1n) is 28.0. The highest BCUT2D eigenvalue weighted by Gasteiger charge is 2.47. The van der Waals surface area contributed by atoms with Crippen LogP contribution in [0.25, 0.3) is 61.0 Å². The molecule has 0 bridgehead atoms. The van der Waals surface area contributed by atoms with Crippen LogP contribution in [0, 0.1) is 0 Å². The molecule has 1 aliphatic heterocycles. The molecule has 0 radical (unpaired) electrons. The van der Waals surface area contributed by atoms with Gasteiger partial charge >= 0.3 is 0 Å². The summed E-state index contributed by atoms with van der Waals surface area (Å²) in [5, 5.41) is 2.29. The Morgan fingerprint density at radius 2 is 1.00 bits per heavy atom. The van der Waals surface area contributed by atoms with E-state index in [1.165, 1.54) is 66.9 Å². The summed E-state index contributed by atoms with van der Waals surface area (Å²) >= 11 is 0. The number of hydrogen-bond donors (Lipinski definition) is 0. The van der Waals surface area contributed by atoms with Gasteiger partial charge < -0.3 is 14.5 Å². The summed E-state index contributed by atoms with van der Waals surface area (Å²) in [6.45, 7) is 14.4. The first kappa shape index (κ1) is 48.9. The van der Waals surface area contributed by atoms with Crippen LogP contribution in [0.1, 0.15) is 74.9 Å². The van der Waals surface area contributed by atoms with Crippen LogP contribution in [-0.2, 0) is 16.2 Å². The van der Waals surface area contributed by atoms with Crippen LogP contribution in [0.15, 0.2) is 255 Å². The van der Waals surface area contributed by atoms with Crippen LogP contribution in [-0.4, -0.2) is 16.2 Å². The van der Waals surface area contributed by atoms with Gasteiger partial charge in [0, 0.05) is 45.9 Å². The number of benzene rings is 10. The molecule has 0 saturated heterocycles. The predicted molar refractivity (Wildman–Crippen MR) is 333 cm³/mol. The lowest BCUT2D eigenvalue weighted by Crippen LogP contribution is -2.29. The molecule has 0 amide bonds. The number of pyridine rings is 1. The molecule has 1 atom stereocenters. The highest BCUT2D eigenvalue weighted by atomic mass is 16.5. The third kappa shape index (κ3) is 8.02. The number of nitrogens with zero attached hydrogens (tertiary/aromatic N) is 4. The third-order valence-electron chi connectivity index (χ3n) is 16.7. The third-order valence-corrected chi connectivity index (χ3v) is 16.7. The van der Waals surface area contributed by atoms with E-state index in [1.54, 1.807) is 0 Å². The topological polar surface area (TPSA) is 33.5 Å². The first-order chi connectivity index (χ1) is 38.9. The molecule has 1 aliphatic carbocycles. The number of aromatic nitrogens is 2. The Hall–Kier alpha value is -9.45. The largest absolute Gasteiger partial charge is 0.457 e. The SMILES string of the molecule is CC(C)(C)c1ccc2c(c1)-c1ccccc1C2(c1ccccc1)c1ccnc(-n2c3ccccc3c3ccc(Oc4cccc(N5CN(c6c(-c7ccccc7)cc(C(C)(C)C)cc6-c6ccccc6)c6ccccc65)c4)cc32)c1. The van der Waals surface area contributed by atoms with Crippen molar-refractivity contribution in [2.45, 2.75) is 57.8 Å². The molecule has 10 aromatic carbocycles. The second-order valence-corrected chi connectivity index (χ2v) is 23.6. The van der Waals surface area contributed by atoms with Gasteiger partial charge in [-0.25, -0.2) is 4.98 Å². The van der Waals surface area contributed by atoms with E-state index in [-0.39, 0.29) is 10.8 Å². The van der Waals surface area contributed by atoms with Crippen LogP contribution < -0.4 is 14.5 Å². The maximum absolute atomic E-state index is 6.99. The fourth-order valence-corrected chi connectivity index (χ4v) is 12.8. The van der Waals surface area contributed by atoms with Gasteiger partial charge in [-0.15, -0.1) is 0 Å². The summed E-state index contributed by atoms with van der Waals surface area (Å²) in [6, 6.07) is 90.7. The lowest BCUT2D eigenvalue weighted by atomic mass is 9.67. The van der Waals surface area contributed by atoms with E-state index in [1.807, 2.05) is 6.20 Å². The van der Waals surface area contributed by atoms with Crippen molar-refractivity contribution in [1.29, 1.82) is 0 Å². The predicted octanol–water partition coefficient (Wildman–Crippen LogP) is 19.5. The quantitative estimate of drug-likeness (QED) is 0.144. The summed E-state index contributed by atoms with van der Waals surface area (Å²) < 4.78 is 9.31. The molecule has 3 heterocycles. The van der Waals surface area contributed by atoms with Gasteiger partial charge in [-0.05, 0) is 133 Å². The lowest BCUT2D eigenvalue weighted by Gasteiger charge is -2.34. The molecule has 388 valence electrons. The van der Waals surface area contributed by atoms with Gasteiger partial charge in [0.15, 0.2) is 0 Å². The van der Waals surface area contributed by atoms with Crippen LogP contribution in [0.2, 0.25) is 0 Å². The highest BCUT2D eigenvalue weighted by Crippen LogP contribution is 2.57. The Morgan fingerprint density at radius 3 is 1.71 bits per heavy atom. The van der Waals surface area contributed by atoms with Crippen LogP contribution in [0.5, 0.6) is 11.5 Å². The van der Waals surface area contributed by atoms with Crippen molar-refractivity contribution in [3.63, 3.8) is 0 Å². The Labute approximate surface area is 469 Å². The molecule has 12 aromatic rings. The first-order valence-corrected chi connectivity index (χ1v) is 28.0. The van der Waals surface area contributed by atoms with Crippen molar-refractivity contribution in [3.05, 3.63) is 288 Å². The van der Waals surface area contributed by atoms with Gasteiger partial charge in [0.05, 0.1) is 33.5 Å². The number of rotatable bonds is 9. The minimum Gasteiger partial charge on any atom is -0.457 e. The molecule has 80 heavy (non-hydrogen) atoms. The van der Waals surface area contributed by atoms with E-state index < -0.39 is 5.41 Å². The molecule has 0 fully saturated rings. The number of fused-ring (bicyclic) bond motifs is 7. The molecule has 0 N–H and O–H groups in total. The van der Waals surface area contributed by atoms with E-state index in [0.717, 1.165) is 61.7 Å². The van der Waals surface area contributed by atoms with E-state index in [4.69, 9.17) is 9.72 Å². The van der Waals surface area contributed by atoms with E-state index in [2.05, 4.69) is 305 Å². The fraction of sp³-hybridized carbons (Fsp3) is 0.133. The van der Waals surface area contributed by atoms with Gasteiger partial charge in [-0.2, -0.15) is 0 Å². The van der Waals surface area contributed by atoms with Gasteiger partial charge in [-0.3, -0.25) is 4.57 Å². The zero-order chi connectivity index (χ0) is 54.3. The van der Waals surface area contributed by atoms with Crippen molar-refractivity contribution in [2.24, 2.45) is 0 Å². The highest BCUT2D eigenvalue weighted by molar-refractivity contribution is 6.09. The van der Waals surface area contributed by atoms with Crippen molar-refractivity contribution in [2.75, 3.05) is 16.5 Å². The normalized spacial score (nSPS) is 14.8. The summed E-state index contributed by atoms with van der Waals surface area (Å²) in [4.78, 5) is 10.1. The Kier molecular flexibility index (Phi) is 11.5. The Bertz CT molecular complexity index is 4280. The molecule has 2 aliphatic rings. The lowest BCUT2D eigenvalue weighted by molar-refractivity contribution is 0.483. The van der Waals surface area contributed by atoms with Crippen molar-refractivity contribution >= 4 is 44.6 Å². The van der Waals surface area contributed by atoms with Crippen LogP contribution in [0.3, 0.4) is 0 Å². The van der Waals surface area contributed by atoms with E-state index >= 15 is 0 Å². The number of anilines is 4. The van der Waals surface area contributed by atoms with Gasteiger partial charge in [0.1, 0.15) is 24.0 Å². The van der Waals surface area contributed by atoms with Crippen LogP contribution in [0.4, 0.5) is 22.7 Å². The molecule has 1 unspecified atom stereocenters. The number of ether oxygens (including phenoxy) is 1. The van der Waals surface area contributed by atoms with Gasteiger partial charge in [-0.1, -0.05) is 211 Å². The molecule has 5 heteroatoms. The Morgan fingerprint density at radius 1 is 0.412 bits per heavy atom. The van der Waals surface area contributed by atoms with Crippen molar-refractivity contribution in [3.8, 4) is 50.7 Å². The van der Waals surface area contributed by atoms with E-state index in [0.29, 0.717) is 6.67 Å². The van der Waals surface area contributed by atoms with Crippen molar-refractivity contribution < 1.29 is 4.74 Å².